The van der Waals surface area contributed by atoms with Gasteiger partial charge in [0.2, 0.25) is 0 Å². The van der Waals surface area contributed by atoms with Crippen LogP contribution in [0.25, 0.3) is 0 Å². The largest absolute Gasteiger partial charge is 0.490 e. The molecule has 5 atom stereocenters. The van der Waals surface area contributed by atoms with Crippen LogP contribution in [0.1, 0.15) is 35.6 Å². The second-order valence-electron chi connectivity index (χ2n) is 9.56. The SMILES string of the molecule is OC[C@H]1O[C@H](c2ccc(Cl)c(Cc3ccc(OC4CC5(COC5)C4)cc3)c2)[C@H](O)[C@@H](O)[C@@H]1O. The van der Waals surface area contributed by atoms with Crippen molar-refractivity contribution in [2.75, 3.05) is 19.8 Å². The molecule has 2 aromatic rings. The second-order valence-corrected chi connectivity index (χ2v) is 9.97. The highest BCUT2D eigenvalue weighted by Gasteiger charge is 2.51. The topological polar surface area (TPSA) is 109 Å². The Morgan fingerprint density at radius 3 is 2.33 bits per heavy atom. The smallest absolute Gasteiger partial charge is 0.119 e. The third-order valence-electron chi connectivity index (χ3n) is 7.05. The molecule has 0 amide bonds. The van der Waals surface area contributed by atoms with Crippen LogP contribution in [0.5, 0.6) is 5.75 Å². The zero-order chi connectivity index (χ0) is 23.2. The van der Waals surface area contributed by atoms with Crippen molar-refractivity contribution in [1.82, 2.24) is 0 Å². The summed E-state index contributed by atoms with van der Waals surface area (Å²) in [5.41, 5.74) is 2.87. The predicted octanol–water partition coefficient (Wildman–Crippen LogP) is 2.00. The van der Waals surface area contributed by atoms with E-state index in [-0.39, 0.29) is 6.10 Å². The lowest BCUT2D eigenvalue weighted by Gasteiger charge is -2.52. The maximum atomic E-state index is 10.4. The van der Waals surface area contributed by atoms with Gasteiger partial charge in [0, 0.05) is 10.4 Å². The van der Waals surface area contributed by atoms with Gasteiger partial charge in [0.15, 0.2) is 0 Å². The van der Waals surface area contributed by atoms with Crippen molar-refractivity contribution < 1.29 is 34.6 Å². The van der Waals surface area contributed by atoms with Crippen molar-refractivity contribution in [1.29, 1.82) is 0 Å². The molecular formula is C25H29ClO7. The van der Waals surface area contributed by atoms with Gasteiger partial charge in [-0.05, 0) is 54.2 Å². The molecule has 2 saturated heterocycles. The molecule has 0 aromatic heterocycles. The van der Waals surface area contributed by atoms with Gasteiger partial charge in [-0.1, -0.05) is 35.9 Å². The summed E-state index contributed by atoms with van der Waals surface area (Å²) in [6.45, 7) is 1.25. The molecular weight excluding hydrogens is 448 g/mol. The molecule has 1 saturated carbocycles. The summed E-state index contributed by atoms with van der Waals surface area (Å²) in [6.07, 6.45) is -3.06. The molecule has 2 aliphatic heterocycles. The molecule has 3 fully saturated rings. The molecule has 8 heteroatoms. The summed E-state index contributed by atoms with van der Waals surface area (Å²) in [7, 11) is 0. The van der Waals surface area contributed by atoms with Crippen LogP contribution < -0.4 is 4.74 Å². The molecule has 5 rings (SSSR count). The van der Waals surface area contributed by atoms with Crippen LogP contribution in [0.4, 0.5) is 0 Å². The molecule has 2 aromatic carbocycles. The molecule has 4 N–H and O–H groups in total. The number of hydrogen-bond donors (Lipinski definition) is 4. The lowest BCUT2D eigenvalue weighted by Crippen LogP contribution is -2.56. The van der Waals surface area contributed by atoms with E-state index in [1.807, 2.05) is 30.3 Å². The number of ether oxygens (including phenoxy) is 3. The Hall–Kier alpha value is -1.71. The fourth-order valence-corrected chi connectivity index (χ4v) is 5.18. The van der Waals surface area contributed by atoms with Crippen molar-refractivity contribution >= 4 is 11.6 Å². The predicted molar refractivity (Wildman–Crippen MR) is 120 cm³/mol. The minimum atomic E-state index is -1.42. The number of rotatable bonds is 6. The number of halogens is 1. The molecule has 33 heavy (non-hydrogen) atoms. The molecule has 178 valence electrons. The van der Waals surface area contributed by atoms with E-state index in [9.17, 15) is 20.4 Å². The van der Waals surface area contributed by atoms with Gasteiger partial charge in [0.25, 0.3) is 0 Å². The van der Waals surface area contributed by atoms with Gasteiger partial charge in [-0.15, -0.1) is 0 Å². The number of hydrogen-bond acceptors (Lipinski definition) is 7. The summed E-state index contributed by atoms with van der Waals surface area (Å²) in [5.74, 6) is 0.847. The molecule has 3 aliphatic rings. The van der Waals surface area contributed by atoms with E-state index in [1.54, 1.807) is 12.1 Å². The summed E-state index contributed by atoms with van der Waals surface area (Å²) in [4.78, 5) is 0. The first-order chi connectivity index (χ1) is 15.9. The van der Waals surface area contributed by atoms with E-state index in [0.717, 1.165) is 42.9 Å². The molecule has 2 heterocycles. The van der Waals surface area contributed by atoms with E-state index in [0.29, 0.717) is 22.4 Å². The Morgan fingerprint density at radius 1 is 0.970 bits per heavy atom. The average molecular weight is 477 g/mol. The third-order valence-corrected chi connectivity index (χ3v) is 7.42. The highest BCUT2D eigenvalue weighted by atomic mass is 35.5. The standard InChI is InChI=1S/C25H29ClO7/c26-19-6-3-15(24-23(30)22(29)21(28)20(11-27)33-24)8-16(19)7-14-1-4-17(5-2-14)32-18-9-25(10-18)12-31-13-25/h1-6,8,18,20-24,27-30H,7,9-13H2/t20-,21-,22+,23-,24-/m1/s1. The quantitative estimate of drug-likeness (QED) is 0.505. The normalized spacial score (nSPS) is 31.1. The minimum Gasteiger partial charge on any atom is -0.490 e. The summed E-state index contributed by atoms with van der Waals surface area (Å²) < 4.78 is 17.1. The van der Waals surface area contributed by atoms with E-state index in [1.165, 1.54) is 0 Å². The lowest BCUT2D eigenvalue weighted by molar-refractivity contribution is -0.231. The number of aliphatic hydroxyl groups is 4. The minimum absolute atomic E-state index is 0.254. The van der Waals surface area contributed by atoms with Crippen LogP contribution in [-0.4, -0.2) is 70.8 Å². The highest BCUT2D eigenvalue weighted by molar-refractivity contribution is 6.31. The van der Waals surface area contributed by atoms with E-state index >= 15 is 0 Å². The van der Waals surface area contributed by atoms with E-state index in [4.69, 9.17) is 25.8 Å². The maximum Gasteiger partial charge on any atom is 0.119 e. The van der Waals surface area contributed by atoms with Gasteiger partial charge in [0.1, 0.15) is 42.4 Å². The Morgan fingerprint density at radius 2 is 1.70 bits per heavy atom. The molecule has 0 radical (unpaired) electrons. The first-order valence-corrected chi connectivity index (χ1v) is 11.7. The van der Waals surface area contributed by atoms with Crippen LogP contribution >= 0.6 is 11.6 Å². The maximum absolute atomic E-state index is 10.4. The Balaban J connectivity index is 1.25. The molecule has 0 bridgehead atoms. The summed E-state index contributed by atoms with van der Waals surface area (Å²) in [6, 6.07) is 13.2. The first kappa shape index (κ1) is 23.1. The fraction of sp³-hybridized carbons (Fsp3) is 0.520. The van der Waals surface area contributed by atoms with Crippen LogP contribution in [0, 0.1) is 5.41 Å². The zero-order valence-electron chi connectivity index (χ0n) is 18.1. The average Bonchev–Trinajstić information content (AvgIpc) is 2.76. The Labute approximate surface area is 197 Å². The van der Waals surface area contributed by atoms with Crippen molar-refractivity contribution in [3.05, 3.63) is 64.2 Å². The molecule has 7 nitrogen and oxygen atoms in total. The van der Waals surface area contributed by atoms with Crippen molar-refractivity contribution in [3.8, 4) is 5.75 Å². The fourth-order valence-electron chi connectivity index (χ4n) is 5.00. The molecule has 1 spiro atoms. The number of benzene rings is 2. The van der Waals surface area contributed by atoms with Gasteiger partial charge < -0.3 is 34.6 Å². The van der Waals surface area contributed by atoms with Gasteiger partial charge >= 0.3 is 0 Å². The summed E-state index contributed by atoms with van der Waals surface area (Å²) in [5, 5.41) is 40.6. The molecule has 1 aliphatic carbocycles. The van der Waals surface area contributed by atoms with Crippen molar-refractivity contribution in [2.45, 2.75) is 55.9 Å². The van der Waals surface area contributed by atoms with Crippen LogP contribution in [-0.2, 0) is 15.9 Å². The van der Waals surface area contributed by atoms with E-state index in [2.05, 4.69) is 0 Å². The van der Waals surface area contributed by atoms with Crippen LogP contribution in [0.2, 0.25) is 5.02 Å². The zero-order valence-corrected chi connectivity index (χ0v) is 18.9. The number of aliphatic hydroxyl groups excluding tert-OH is 4. The third kappa shape index (κ3) is 4.51. The van der Waals surface area contributed by atoms with Crippen LogP contribution in [0.15, 0.2) is 42.5 Å². The Bertz CT molecular complexity index is 967. The van der Waals surface area contributed by atoms with Crippen LogP contribution in [0.3, 0.4) is 0 Å². The van der Waals surface area contributed by atoms with Gasteiger partial charge in [-0.25, -0.2) is 0 Å². The van der Waals surface area contributed by atoms with Gasteiger partial charge in [-0.3, -0.25) is 0 Å². The monoisotopic (exact) mass is 476 g/mol. The van der Waals surface area contributed by atoms with Crippen molar-refractivity contribution in [2.24, 2.45) is 5.41 Å². The second kappa shape index (κ2) is 9.15. The van der Waals surface area contributed by atoms with Crippen molar-refractivity contribution in [3.63, 3.8) is 0 Å². The summed E-state index contributed by atoms with van der Waals surface area (Å²) >= 11 is 6.43. The highest BCUT2D eigenvalue weighted by Crippen LogP contribution is 2.48. The Kier molecular flexibility index (Phi) is 6.39. The van der Waals surface area contributed by atoms with Gasteiger partial charge in [0.05, 0.1) is 19.8 Å². The lowest BCUT2D eigenvalue weighted by atomic mass is 9.65. The molecule has 0 unspecified atom stereocenters. The van der Waals surface area contributed by atoms with Gasteiger partial charge in [-0.2, -0.15) is 0 Å². The van der Waals surface area contributed by atoms with E-state index < -0.39 is 37.1 Å². The first-order valence-electron chi connectivity index (χ1n) is 11.3.